The highest BCUT2D eigenvalue weighted by molar-refractivity contribution is 5.95. The van der Waals surface area contributed by atoms with Crippen molar-refractivity contribution in [2.24, 2.45) is 11.8 Å². The van der Waals surface area contributed by atoms with E-state index >= 15 is 0 Å². The van der Waals surface area contributed by atoms with E-state index in [-0.39, 0.29) is 18.4 Å². The second-order valence-corrected chi connectivity index (χ2v) is 7.88. The summed E-state index contributed by atoms with van der Waals surface area (Å²) in [6, 6.07) is 7.91. The third kappa shape index (κ3) is 4.45. The number of carbonyl (C=O) groups excluding carboxylic acids is 1. The summed E-state index contributed by atoms with van der Waals surface area (Å²) in [4.78, 5) is 19.9. The Morgan fingerprint density at radius 1 is 1.12 bits per heavy atom. The topological polar surface area (TPSA) is 47.0 Å². The van der Waals surface area contributed by atoms with E-state index in [2.05, 4.69) is 23.8 Å². The van der Waals surface area contributed by atoms with Gasteiger partial charge >= 0.3 is 0 Å². The molecule has 0 aliphatic carbocycles. The van der Waals surface area contributed by atoms with Gasteiger partial charge in [-0.25, -0.2) is 0 Å². The van der Waals surface area contributed by atoms with Crippen molar-refractivity contribution in [3.63, 3.8) is 0 Å². The Morgan fingerprint density at radius 3 is 2.65 bits per heavy atom. The van der Waals surface area contributed by atoms with Crippen LogP contribution < -0.4 is 0 Å². The zero-order chi connectivity index (χ0) is 18.5. The molecule has 2 saturated heterocycles. The second kappa shape index (κ2) is 8.98. The number of carbonyl (C=O) groups is 1. The number of aliphatic hydroxyl groups excluding tert-OH is 1. The van der Waals surface area contributed by atoms with Gasteiger partial charge in [-0.1, -0.05) is 25.1 Å². The van der Waals surface area contributed by atoms with Crippen LogP contribution in [0.25, 0.3) is 0 Å². The number of rotatable bonds is 5. The van der Waals surface area contributed by atoms with Gasteiger partial charge in [0.25, 0.3) is 5.91 Å². The summed E-state index contributed by atoms with van der Waals surface area (Å²) in [5.74, 6) is 0.675. The van der Waals surface area contributed by atoms with E-state index in [4.69, 9.17) is 0 Å². The van der Waals surface area contributed by atoms with Crippen molar-refractivity contribution in [1.29, 1.82) is 0 Å². The van der Waals surface area contributed by atoms with Crippen LogP contribution in [0.2, 0.25) is 0 Å². The van der Waals surface area contributed by atoms with Crippen LogP contribution in [-0.2, 0) is 6.42 Å². The van der Waals surface area contributed by atoms with Crippen molar-refractivity contribution in [2.75, 3.05) is 59.5 Å². The molecule has 2 atom stereocenters. The smallest absolute Gasteiger partial charge is 0.254 e. The molecule has 2 fully saturated rings. The summed E-state index contributed by atoms with van der Waals surface area (Å²) in [6.45, 7) is 9.12. The van der Waals surface area contributed by atoms with Gasteiger partial charge in [-0.05, 0) is 50.5 Å². The van der Waals surface area contributed by atoms with E-state index in [0.717, 1.165) is 56.8 Å². The molecule has 2 aliphatic rings. The predicted octanol–water partition coefficient (Wildman–Crippen LogP) is 1.57. The van der Waals surface area contributed by atoms with Crippen LogP contribution in [0.15, 0.2) is 24.3 Å². The number of likely N-dealkylation sites (tertiary alicyclic amines) is 1. The molecule has 0 saturated carbocycles. The lowest BCUT2D eigenvalue weighted by Crippen LogP contribution is -2.36. The number of likely N-dealkylation sites (N-methyl/N-ethyl adjacent to an activating group) is 1. The Hall–Kier alpha value is -1.43. The van der Waals surface area contributed by atoms with Gasteiger partial charge in [0.05, 0.1) is 0 Å². The molecule has 1 N–H and O–H groups in total. The zero-order valence-electron chi connectivity index (χ0n) is 16.2. The molecule has 2 unspecified atom stereocenters. The van der Waals surface area contributed by atoms with E-state index in [1.807, 2.05) is 29.2 Å². The van der Waals surface area contributed by atoms with Gasteiger partial charge in [0.1, 0.15) is 0 Å². The summed E-state index contributed by atoms with van der Waals surface area (Å²) in [7, 11) is 2.18. The third-order valence-corrected chi connectivity index (χ3v) is 6.03. The van der Waals surface area contributed by atoms with E-state index in [1.165, 1.54) is 6.42 Å². The molecule has 0 bridgehead atoms. The Bertz CT molecular complexity index is 607. The van der Waals surface area contributed by atoms with E-state index in [0.29, 0.717) is 12.5 Å². The first-order valence-electron chi connectivity index (χ1n) is 10.0. The maximum atomic E-state index is 13.0. The fourth-order valence-corrected chi connectivity index (χ4v) is 4.34. The van der Waals surface area contributed by atoms with Crippen LogP contribution in [-0.4, -0.2) is 85.2 Å². The number of amides is 1. The highest BCUT2D eigenvalue weighted by Gasteiger charge is 2.36. The molecule has 2 aliphatic heterocycles. The highest BCUT2D eigenvalue weighted by Crippen LogP contribution is 2.27. The predicted molar refractivity (Wildman–Crippen MR) is 104 cm³/mol. The van der Waals surface area contributed by atoms with Crippen molar-refractivity contribution < 1.29 is 9.90 Å². The number of nitrogens with zero attached hydrogens (tertiary/aromatic N) is 3. The van der Waals surface area contributed by atoms with Crippen molar-refractivity contribution in [3.05, 3.63) is 35.4 Å². The molecule has 1 aromatic carbocycles. The summed E-state index contributed by atoms with van der Waals surface area (Å²) >= 11 is 0. The lowest BCUT2D eigenvalue weighted by molar-refractivity contribution is 0.0778. The van der Waals surface area contributed by atoms with Crippen LogP contribution in [0.1, 0.15) is 29.3 Å². The van der Waals surface area contributed by atoms with Crippen LogP contribution in [0.5, 0.6) is 0 Å². The molecule has 3 rings (SSSR count). The summed E-state index contributed by atoms with van der Waals surface area (Å²) in [6.07, 6.45) is 2.06. The molecular weight excluding hydrogens is 326 g/mol. The molecule has 0 radical (unpaired) electrons. The molecular formula is C21H33N3O2. The van der Waals surface area contributed by atoms with Gasteiger partial charge in [-0.2, -0.15) is 0 Å². The van der Waals surface area contributed by atoms with Crippen LogP contribution >= 0.6 is 0 Å². The average molecular weight is 360 g/mol. The number of hydrogen-bond donors (Lipinski definition) is 1. The summed E-state index contributed by atoms with van der Waals surface area (Å²) in [5, 5.41) is 9.87. The third-order valence-electron chi connectivity index (χ3n) is 6.03. The molecule has 144 valence electrons. The van der Waals surface area contributed by atoms with E-state index in [1.54, 1.807) is 0 Å². The van der Waals surface area contributed by atoms with Crippen molar-refractivity contribution in [2.45, 2.75) is 19.8 Å². The van der Waals surface area contributed by atoms with Crippen molar-refractivity contribution in [3.8, 4) is 0 Å². The molecule has 2 heterocycles. The normalized spacial score (nSPS) is 25.4. The summed E-state index contributed by atoms with van der Waals surface area (Å²) < 4.78 is 0. The molecule has 1 amide bonds. The SMILES string of the molecule is CCc1ccccc1C(=O)N1CC(CO)C(CN2CCCN(C)CC2)C1. The number of benzene rings is 1. The Kier molecular flexibility index (Phi) is 6.68. The molecule has 5 heteroatoms. The molecule has 0 spiro atoms. The molecule has 0 aromatic heterocycles. The summed E-state index contributed by atoms with van der Waals surface area (Å²) in [5.41, 5.74) is 1.93. The Labute approximate surface area is 157 Å². The molecule has 26 heavy (non-hydrogen) atoms. The first-order valence-corrected chi connectivity index (χ1v) is 10.0. The minimum Gasteiger partial charge on any atom is -0.396 e. The standard InChI is InChI=1S/C21H33N3O2/c1-3-17-7-4-5-8-20(17)21(26)24-14-18(19(15-24)16-25)13-23-10-6-9-22(2)11-12-23/h4-5,7-8,18-19,25H,3,6,9-16H2,1-2H3. The maximum Gasteiger partial charge on any atom is 0.254 e. The molecule has 1 aromatic rings. The van der Waals surface area contributed by atoms with Gasteiger partial charge in [-0.15, -0.1) is 0 Å². The lowest BCUT2D eigenvalue weighted by Gasteiger charge is -2.26. The van der Waals surface area contributed by atoms with E-state index < -0.39 is 0 Å². The van der Waals surface area contributed by atoms with Gasteiger partial charge in [0.15, 0.2) is 0 Å². The van der Waals surface area contributed by atoms with Gasteiger partial charge in [0, 0.05) is 50.8 Å². The zero-order valence-corrected chi connectivity index (χ0v) is 16.2. The van der Waals surface area contributed by atoms with Gasteiger partial charge < -0.3 is 19.8 Å². The minimum atomic E-state index is 0.124. The van der Waals surface area contributed by atoms with E-state index in [9.17, 15) is 9.90 Å². The first kappa shape index (κ1) is 19.3. The van der Waals surface area contributed by atoms with Crippen LogP contribution in [0.4, 0.5) is 0 Å². The monoisotopic (exact) mass is 359 g/mol. The number of hydrogen-bond acceptors (Lipinski definition) is 4. The number of aliphatic hydroxyl groups is 1. The molecule has 5 nitrogen and oxygen atoms in total. The first-order chi connectivity index (χ1) is 12.6. The van der Waals surface area contributed by atoms with Gasteiger partial charge in [0.2, 0.25) is 0 Å². The highest BCUT2D eigenvalue weighted by atomic mass is 16.3. The minimum absolute atomic E-state index is 0.124. The Morgan fingerprint density at radius 2 is 1.88 bits per heavy atom. The quantitative estimate of drug-likeness (QED) is 0.867. The largest absolute Gasteiger partial charge is 0.396 e. The van der Waals surface area contributed by atoms with Crippen molar-refractivity contribution in [1.82, 2.24) is 14.7 Å². The fraction of sp³-hybridized carbons (Fsp3) is 0.667. The Balaban J connectivity index is 1.65. The fourth-order valence-electron chi connectivity index (χ4n) is 4.34. The van der Waals surface area contributed by atoms with Crippen LogP contribution in [0, 0.1) is 11.8 Å². The maximum absolute atomic E-state index is 13.0. The second-order valence-electron chi connectivity index (χ2n) is 7.88. The number of aryl methyl sites for hydroxylation is 1. The lowest BCUT2D eigenvalue weighted by atomic mass is 9.96. The van der Waals surface area contributed by atoms with Crippen LogP contribution in [0.3, 0.4) is 0 Å². The average Bonchev–Trinajstić information content (AvgIpc) is 2.96. The van der Waals surface area contributed by atoms with Gasteiger partial charge in [-0.3, -0.25) is 4.79 Å². The van der Waals surface area contributed by atoms with Crippen molar-refractivity contribution >= 4 is 5.91 Å².